The Morgan fingerprint density at radius 3 is 2.57 bits per heavy atom. The van der Waals surface area contributed by atoms with E-state index in [1.807, 2.05) is 0 Å². The molecule has 3 heteroatoms. The lowest BCUT2D eigenvalue weighted by atomic mass is 10.1. The van der Waals surface area contributed by atoms with Gasteiger partial charge in [-0.15, -0.1) is 0 Å². The highest BCUT2D eigenvalue weighted by Gasteiger charge is 2.08. The fourth-order valence-electron chi connectivity index (χ4n) is 2.37. The Morgan fingerprint density at radius 1 is 1.14 bits per heavy atom. The van der Waals surface area contributed by atoms with E-state index in [-0.39, 0.29) is 0 Å². The van der Waals surface area contributed by atoms with E-state index >= 15 is 0 Å². The summed E-state index contributed by atoms with van der Waals surface area (Å²) in [6.45, 7) is 7.11. The second-order valence-corrected chi connectivity index (χ2v) is 6.20. The first-order valence-corrected chi connectivity index (χ1v) is 8.16. The van der Waals surface area contributed by atoms with Crippen LogP contribution in [-0.4, -0.2) is 13.6 Å². The summed E-state index contributed by atoms with van der Waals surface area (Å²) in [6.07, 6.45) is 0. The predicted octanol–water partition coefficient (Wildman–Crippen LogP) is 4.50. The monoisotopic (exact) mass is 346 g/mol. The van der Waals surface area contributed by atoms with Crippen LogP contribution >= 0.6 is 15.9 Å². The molecular weight excluding hydrogens is 324 g/mol. The third-order valence-electron chi connectivity index (χ3n) is 3.67. The summed E-state index contributed by atoms with van der Waals surface area (Å²) in [7, 11) is 2.14. The van der Waals surface area contributed by atoms with Crippen LogP contribution < -0.4 is 10.2 Å². The molecule has 0 atom stereocenters. The van der Waals surface area contributed by atoms with Crippen molar-refractivity contribution < 1.29 is 0 Å². The fraction of sp³-hybridized carbons (Fsp3) is 0.333. The Labute approximate surface area is 136 Å². The van der Waals surface area contributed by atoms with Crippen LogP contribution in [0.4, 0.5) is 5.69 Å². The van der Waals surface area contributed by atoms with Gasteiger partial charge >= 0.3 is 0 Å². The van der Waals surface area contributed by atoms with Gasteiger partial charge in [0.25, 0.3) is 0 Å². The van der Waals surface area contributed by atoms with Crippen molar-refractivity contribution in [3.05, 3.63) is 63.6 Å². The van der Waals surface area contributed by atoms with Crippen LogP contribution in [0.3, 0.4) is 0 Å². The lowest BCUT2D eigenvalue weighted by Crippen LogP contribution is -2.18. The zero-order valence-corrected chi connectivity index (χ0v) is 14.6. The molecule has 0 bridgehead atoms. The standard InChI is InChI=1S/C18H23BrN2/c1-4-20-12-15-9-10-18(17(19)11-15)21(3)13-16-8-6-5-7-14(16)2/h5-11,20H,4,12-13H2,1-3H3. The van der Waals surface area contributed by atoms with Gasteiger partial charge in [-0.1, -0.05) is 37.3 Å². The normalized spacial score (nSPS) is 10.7. The summed E-state index contributed by atoms with van der Waals surface area (Å²) in [5.41, 5.74) is 5.23. The van der Waals surface area contributed by atoms with E-state index in [1.54, 1.807) is 0 Å². The van der Waals surface area contributed by atoms with Crippen molar-refractivity contribution in [2.75, 3.05) is 18.5 Å². The van der Waals surface area contributed by atoms with Gasteiger partial charge in [0.2, 0.25) is 0 Å². The zero-order chi connectivity index (χ0) is 15.2. The number of hydrogen-bond acceptors (Lipinski definition) is 2. The van der Waals surface area contributed by atoms with Gasteiger partial charge in [-0.05, 0) is 58.2 Å². The zero-order valence-electron chi connectivity index (χ0n) is 13.0. The second-order valence-electron chi connectivity index (χ2n) is 5.35. The number of aryl methyl sites for hydroxylation is 1. The maximum atomic E-state index is 3.70. The lowest BCUT2D eigenvalue weighted by molar-refractivity contribution is 0.726. The summed E-state index contributed by atoms with van der Waals surface area (Å²) in [5, 5.41) is 3.35. The predicted molar refractivity (Wildman–Crippen MR) is 94.8 cm³/mol. The molecule has 2 aromatic rings. The van der Waals surface area contributed by atoms with Crippen LogP contribution in [0.15, 0.2) is 46.9 Å². The largest absolute Gasteiger partial charge is 0.369 e. The molecule has 0 heterocycles. The van der Waals surface area contributed by atoms with Crippen LogP contribution in [0.2, 0.25) is 0 Å². The van der Waals surface area contributed by atoms with E-state index in [4.69, 9.17) is 0 Å². The van der Waals surface area contributed by atoms with E-state index < -0.39 is 0 Å². The first kappa shape index (κ1) is 16.1. The van der Waals surface area contributed by atoms with Gasteiger partial charge in [-0.3, -0.25) is 0 Å². The number of nitrogens with zero attached hydrogens (tertiary/aromatic N) is 1. The van der Waals surface area contributed by atoms with Crippen LogP contribution in [0, 0.1) is 6.92 Å². The molecule has 112 valence electrons. The van der Waals surface area contributed by atoms with Gasteiger partial charge in [-0.25, -0.2) is 0 Å². The van der Waals surface area contributed by atoms with Crippen LogP contribution in [0.25, 0.3) is 0 Å². The molecule has 21 heavy (non-hydrogen) atoms. The first-order chi connectivity index (χ1) is 10.1. The summed E-state index contributed by atoms with van der Waals surface area (Å²) in [6, 6.07) is 15.1. The van der Waals surface area contributed by atoms with Crippen LogP contribution in [0.5, 0.6) is 0 Å². The molecule has 0 aliphatic carbocycles. The second kappa shape index (κ2) is 7.62. The minimum atomic E-state index is 0.914. The van der Waals surface area contributed by atoms with Crippen molar-refractivity contribution in [2.45, 2.75) is 26.9 Å². The Hall–Kier alpha value is -1.32. The molecule has 0 aliphatic heterocycles. The summed E-state index contributed by atoms with van der Waals surface area (Å²) in [4.78, 5) is 2.28. The Bertz CT molecular complexity index is 596. The maximum Gasteiger partial charge on any atom is 0.0511 e. The number of hydrogen-bond donors (Lipinski definition) is 1. The number of nitrogens with one attached hydrogen (secondary N) is 1. The van der Waals surface area contributed by atoms with Gasteiger partial charge in [0.05, 0.1) is 5.69 Å². The molecule has 2 nitrogen and oxygen atoms in total. The minimum absolute atomic E-state index is 0.914. The molecule has 0 aromatic heterocycles. The van der Waals surface area contributed by atoms with Gasteiger partial charge in [-0.2, -0.15) is 0 Å². The van der Waals surface area contributed by atoms with E-state index in [0.717, 1.165) is 24.1 Å². The Kier molecular flexibility index (Phi) is 5.83. The summed E-state index contributed by atoms with van der Waals surface area (Å²) in [5.74, 6) is 0. The van der Waals surface area contributed by atoms with Gasteiger partial charge in [0.1, 0.15) is 0 Å². The molecular formula is C18H23BrN2. The van der Waals surface area contributed by atoms with E-state index in [2.05, 4.69) is 89.5 Å². The van der Waals surface area contributed by atoms with Crippen LogP contribution in [0.1, 0.15) is 23.6 Å². The van der Waals surface area contributed by atoms with Crippen LogP contribution in [-0.2, 0) is 13.1 Å². The lowest BCUT2D eigenvalue weighted by Gasteiger charge is -2.22. The summed E-state index contributed by atoms with van der Waals surface area (Å²) >= 11 is 3.70. The van der Waals surface area contributed by atoms with Crippen molar-refractivity contribution in [2.24, 2.45) is 0 Å². The first-order valence-electron chi connectivity index (χ1n) is 7.36. The average Bonchev–Trinajstić information content (AvgIpc) is 2.47. The molecule has 1 N–H and O–H groups in total. The highest BCUT2D eigenvalue weighted by Crippen LogP contribution is 2.28. The van der Waals surface area contributed by atoms with Crippen molar-refractivity contribution in [3.63, 3.8) is 0 Å². The minimum Gasteiger partial charge on any atom is -0.369 e. The number of rotatable bonds is 6. The molecule has 0 saturated heterocycles. The molecule has 0 saturated carbocycles. The summed E-state index contributed by atoms with van der Waals surface area (Å²) < 4.78 is 1.15. The molecule has 0 spiro atoms. The highest BCUT2D eigenvalue weighted by molar-refractivity contribution is 9.10. The Balaban J connectivity index is 2.12. The highest BCUT2D eigenvalue weighted by atomic mass is 79.9. The molecule has 0 fully saturated rings. The SMILES string of the molecule is CCNCc1ccc(N(C)Cc2ccccc2C)c(Br)c1. The Morgan fingerprint density at radius 2 is 1.90 bits per heavy atom. The van der Waals surface area contributed by atoms with Gasteiger partial charge in [0, 0.05) is 24.6 Å². The molecule has 2 rings (SSSR count). The number of anilines is 1. The fourth-order valence-corrected chi connectivity index (χ4v) is 3.10. The van der Waals surface area contributed by atoms with E-state index in [9.17, 15) is 0 Å². The van der Waals surface area contributed by atoms with E-state index in [1.165, 1.54) is 22.4 Å². The molecule has 0 amide bonds. The third-order valence-corrected chi connectivity index (χ3v) is 4.31. The van der Waals surface area contributed by atoms with E-state index in [0.29, 0.717) is 0 Å². The number of benzene rings is 2. The van der Waals surface area contributed by atoms with Gasteiger partial charge < -0.3 is 10.2 Å². The van der Waals surface area contributed by atoms with Crippen molar-refractivity contribution in [1.29, 1.82) is 0 Å². The smallest absolute Gasteiger partial charge is 0.0511 e. The molecule has 0 unspecified atom stereocenters. The average molecular weight is 347 g/mol. The number of halogens is 1. The molecule has 2 aromatic carbocycles. The van der Waals surface area contributed by atoms with Crippen molar-refractivity contribution in [3.8, 4) is 0 Å². The van der Waals surface area contributed by atoms with Gasteiger partial charge in [0.15, 0.2) is 0 Å². The quantitative estimate of drug-likeness (QED) is 0.828. The molecule has 0 aliphatic rings. The maximum absolute atomic E-state index is 3.70. The van der Waals surface area contributed by atoms with Crippen molar-refractivity contribution >= 4 is 21.6 Å². The topological polar surface area (TPSA) is 15.3 Å². The molecule has 0 radical (unpaired) electrons. The van der Waals surface area contributed by atoms with Crippen molar-refractivity contribution in [1.82, 2.24) is 5.32 Å². The third kappa shape index (κ3) is 4.32.